The molecule has 0 aliphatic carbocycles. The Hall–Kier alpha value is -0.450. The van der Waals surface area contributed by atoms with Crippen LogP contribution in [-0.2, 0) is 15.7 Å². The lowest BCUT2D eigenvalue weighted by Gasteiger charge is -2.24. The molecule has 1 unspecified atom stereocenters. The van der Waals surface area contributed by atoms with Crippen LogP contribution in [0.4, 0.5) is 0 Å². The van der Waals surface area contributed by atoms with Crippen LogP contribution < -0.4 is 5.73 Å². The zero-order chi connectivity index (χ0) is 13.6. The van der Waals surface area contributed by atoms with Gasteiger partial charge in [-0.3, -0.25) is 0 Å². The molecule has 1 aromatic heterocycles. The summed E-state index contributed by atoms with van der Waals surface area (Å²) in [5.41, 5.74) is 7.12. The molecular weight excluding hydrogens is 244 g/mol. The normalized spacial score (nSPS) is 21.6. The van der Waals surface area contributed by atoms with Gasteiger partial charge in [-0.05, 0) is 26.7 Å². The highest BCUT2D eigenvalue weighted by molar-refractivity contribution is 7.12. The van der Waals surface area contributed by atoms with Crippen molar-refractivity contribution in [2.45, 2.75) is 64.5 Å². The molecule has 0 bridgehead atoms. The van der Waals surface area contributed by atoms with E-state index in [1.165, 1.54) is 4.88 Å². The van der Waals surface area contributed by atoms with E-state index in [2.05, 4.69) is 34.6 Å². The molecule has 1 saturated heterocycles. The number of aromatic nitrogens is 1. The van der Waals surface area contributed by atoms with Crippen LogP contribution in [0.1, 0.15) is 69.1 Å². The van der Waals surface area contributed by atoms with E-state index in [0.717, 1.165) is 30.2 Å². The maximum Gasteiger partial charge on any atom is 0.122 e. The summed E-state index contributed by atoms with van der Waals surface area (Å²) in [6, 6.07) is 0. The standard InChI is InChI=1S/C14H24N2OS/c1-13(2,3)10-11(14(4,5)15)18-12(16-10)9-7-6-8-17-9/h9H,6-8,15H2,1-5H3. The number of hydrogen-bond acceptors (Lipinski definition) is 4. The summed E-state index contributed by atoms with van der Waals surface area (Å²) in [7, 11) is 0. The van der Waals surface area contributed by atoms with Gasteiger partial charge in [-0.2, -0.15) is 0 Å². The number of hydrogen-bond donors (Lipinski definition) is 1. The lowest BCUT2D eigenvalue weighted by atomic mass is 9.87. The molecule has 0 radical (unpaired) electrons. The minimum Gasteiger partial charge on any atom is -0.371 e. The Morgan fingerprint density at radius 1 is 1.28 bits per heavy atom. The highest BCUT2D eigenvalue weighted by atomic mass is 32.1. The molecule has 18 heavy (non-hydrogen) atoms. The highest BCUT2D eigenvalue weighted by Gasteiger charge is 2.32. The third kappa shape index (κ3) is 2.76. The van der Waals surface area contributed by atoms with Gasteiger partial charge >= 0.3 is 0 Å². The van der Waals surface area contributed by atoms with E-state index in [-0.39, 0.29) is 17.1 Å². The smallest absolute Gasteiger partial charge is 0.122 e. The minimum atomic E-state index is -0.336. The quantitative estimate of drug-likeness (QED) is 0.893. The average molecular weight is 268 g/mol. The number of nitrogens with two attached hydrogens (primary N) is 1. The fourth-order valence-electron chi connectivity index (χ4n) is 2.19. The first kappa shape index (κ1) is 14.0. The molecule has 0 spiro atoms. The molecule has 0 saturated carbocycles. The fourth-order valence-corrected chi connectivity index (χ4v) is 3.57. The molecule has 2 N–H and O–H groups in total. The van der Waals surface area contributed by atoms with Crippen LogP contribution in [0.2, 0.25) is 0 Å². The topological polar surface area (TPSA) is 48.1 Å². The zero-order valence-electron chi connectivity index (χ0n) is 12.0. The number of nitrogens with zero attached hydrogens (tertiary/aromatic N) is 1. The molecule has 2 heterocycles. The number of rotatable bonds is 2. The summed E-state index contributed by atoms with van der Waals surface area (Å²) >= 11 is 1.73. The van der Waals surface area contributed by atoms with Crippen molar-refractivity contribution in [3.8, 4) is 0 Å². The molecule has 3 nitrogen and oxygen atoms in total. The van der Waals surface area contributed by atoms with Crippen molar-refractivity contribution in [1.82, 2.24) is 4.98 Å². The first-order valence-electron chi connectivity index (χ1n) is 6.62. The average Bonchev–Trinajstić information content (AvgIpc) is 2.84. The van der Waals surface area contributed by atoms with Crippen LogP contribution in [0.3, 0.4) is 0 Å². The number of ether oxygens (including phenoxy) is 1. The summed E-state index contributed by atoms with van der Waals surface area (Å²) in [5.74, 6) is 0. The molecule has 102 valence electrons. The second-order valence-corrected chi connectivity index (χ2v) is 7.73. The Morgan fingerprint density at radius 2 is 1.94 bits per heavy atom. The summed E-state index contributed by atoms with van der Waals surface area (Å²) in [5, 5.41) is 1.10. The largest absolute Gasteiger partial charge is 0.371 e. The van der Waals surface area contributed by atoms with Gasteiger partial charge in [0.1, 0.15) is 11.1 Å². The van der Waals surface area contributed by atoms with E-state index < -0.39 is 0 Å². The number of thiazole rings is 1. The molecule has 1 atom stereocenters. The van der Waals surface area contributed by atoms with Crippen LogP contribution in [0.25, 0.3) is 0 Å². The lowest BCUT2D eigenvalue weighted by Crippen LogP contribution is -2.31. The highest BCUT2D eigenvalue weighted by Crippen LogP contribution is 2.40. The predicted octanol–water partition coefficient (Wildman–Crippen LogP) is 3.49. The van der Waals surface area contributed by atoms with E-state index >= 15 is 0 Å². The van der Waals surface area contributed by atoms with E-state index in [1.54, 1.807) is 11.3 Å². The van der Waals surface area contributed by atoms with Crippen molar-refractivity contribution in [3.05, 3.63) is 15.6 Å². The van der Waals surface area contributed by atoms with Crippen LogP contribution in [0.5, 0.6) is 0 Å². The Morgan fingerprint density at radius 3 is 2.33 bits per heavy atom. The second-order valence-electron chi connectivity index (χ2n) is 6.70. The maximum absolute atomic E-state index is 6.30. The van der Waals surface area contributed by atoms with Crippen molar-refractivity contribution < 1.29 is 4.74 Å². The Labute approximate surface area is 114 Å². The van der Waals surface area contributed by atoms with Gasteiger partial charge in [-0.25, -0.2) is 4.98 Å². The first-order chi connectivity index (χ1) is 8.19. The van der Waals surface area contributed by atoms with Gasteiger partial charge in [0.2, 0.25) is 0 Å². The van der Waals surface area contributed by atoms with Gasteiger partial charge in [0.05, 0.1) is 5.69 Å². The SMILES string of the molecule is CC(C)(C)c1nc(C2CCCO2)sc1C(C)(C)N. The molecule has 1 aliphatic rings. The molecule has 4 heteroatoms. The van der Waals surface area contributed by atoms with Gasteiger partial charge < -0.3 is 10.5 Å². The van der Waals surface area contributed by atoms with Crippen LogP contribution in [0.15, 0.2) is 0 Å². The van der Waals surface area contributed by atoms with Crippen LogP contribution in [-0.4, -0.2) is 11.6 Å². The van der Waals surface area contributed by atoms with Crippen molar-refractivity contribution >= 4 is 11.3 Å². The third-order valence-corrected chi connectivity index (χ3v) is 4.63. The van der Waals surface area contributed by atoms with Gasteiger partial charge in [0, 0.05) is 22.4 Å². The molecule has 1 aromatic rings. The van der Waals surface area contributed by atoms with Crippen LogP contribution in [0, 0.1) is 0 Å². The van der Waals surface area contributed by atoms with Crippen molar-refractivity contribution in [2.75, 3.05) is 6.61 Å². The summed E-state index contributed by atoms with van der Waals surface area (Å²) in [6.45, 7) is 11.5. The molecular formula is C14H24N2OS. The summed E-state index contributed by atoms with van der Waals surface area (Å²) < 4.78 is 5.74. The van der Waals surface area contributed by atoms with Crippen LogP contribution >= 0.6 is 11.3 Å². The lowest BCUT2D eigenvalue weighted by molar-refractivity contribution is 0.111. The summed E-state index contributed by atoms with van der Waals surface area (Å²) in [6.07, 6.45) is 2.41. The van der Waals surface area contributed by atoms with E-state index in [1.807, 2.05) is 0 Å². The van der Waals surface area contributed by atoms with E-state index in [9.17, 15) is 0 Å². The molecule has 0 amide bonds. The van der Waals surface area contributed by atoms with Gasteiger partial charge in [-0.15, -0.1) is 11.3 Å². The summed E-state index contributed by atoms with van der Waals surface area (Å²) in [4.78, 5) is 6.04. The Balaban J connectivity index is 2.44. The Kier molecular flexibility index (Phi) is 3.56. The van der Waals surface area contributed by atoms with E-state index in [4.69, 9.17) is 15.5 Å². The van der Waals surface area contributed by atoms with Gasteiger partial charge in [0.25, 0.3) is 0 Å². The van der Waals surface area contributed by atoms with Crippen molar-refractivity contribution in [1.29, 1.82) is 0 Å². The van der Waals surface area contributed by atoms with Crippen molar-refractivity contribution in [3.63, 3.8) is 0 Å². The first-order valence-corrected chi connectivity index (χ1v) is 7.43. The van der Waals surface area contributed by atoms with Crippen molar-refractivity contribution in [2.24, 2.45) is 5.73 Å². The molecule has 2 rings (SSSR count). The molecule has 1 aliphatic heterocycles. The molecule has 0 aromatic carbocycles. The Bertz CT molecular complexity index is 388. The van der Waals surface area contributed by atoms with Gasteiger partial charge in [-0.1, -0.05) is 20.8 Å². The van der Waals surface area contributed by atoms with E-state index in [0.29, 0.717) is 0 Å². The predicted molar refractivity (Wildman–Crippen MR) is 76.0 cm³/mol. The van der Waals surface area contributed by atoms with Gasteiger partial charge in [0.15, 0.2) is 0 Å². The maximum atomic E-state index is 6.30. The fraction of sp³-hybridized carbons (Fsp3) is 0.786. The molecule has 1 fully saturated rings. The third-order valence-electron chi connectivity index (χ3n) is 3.14. The minimum absolute atomic E-state index is 0.0271. The monoisotopic (exact) mass is 268 g/mol. The zero-order valence-corrected chi connectivity index (χ0v) is 12.9. The second kappa shape index (κ2) is 4.58.